The molecular formula is C12H26N4O3S. The molecule has 0 unspecified atom stereocenters. The molecule has 0 aromatic carbocycles. The van der Waals surface area contributed by atoms with Gasteiger partial charge in [-0.25, -0.2) is 8.42 Å². The molecule has 0 amide bonds. The predicted molar refractivity (Wildman–Crippen MR) is 78.2 cm³/mol. The van der Waals surface area contributed by atoms with Crippen molar-refractivity contribution in [3.05, 3.63) is 0 Å². The van der Waals surface area contributed by atoms with E-state index in [0.29, 0.717) is 39.3 Å². The average Bonchev–Trinajstić information content (AvgIpc) is 2.47. The summed E-state index contributed by atoms with van der Waals surface area (Å²) in [5, 5.41) is 12.2. The van der Waals surface area contributed by atoms with Gasteiger partial charge in [-0.3, -0.25) is 9.80 Å². The SMILES string of the molecule is O=S(=O)(CCN1CCNCC1)N1CCN(CCO)CC1. The molecular weight excluding hydrogens is 280 g/mol. The Bertz CT molecular complexity index is 376. The second kappa shape index (κ2) is 7.67. The van der Waals surface area contributed by atoms with Gasteiger partial charge < -0.3 is 10.4 Å². The van der Waals surface area contributed by atoms with Crippen molar-refractivity contribution in [2.45, 2.75) is 0 Å². The van der Waals surface area contributed by atoms with Crippen molar-refractivity contribution in [2.75, 3.05) is 77.8 Å². The first-order valence-electron chi connectivity index (χ1n) is 7.36. The zero-order valence-corrected chi connectivity index (χ0v) is 12.8. The minimum Gasteiger partial charge on any atom is -0.395 e. The second-order valence-corrected chi connectivity index (χ2v) is 7.46. The first-order chi connectivity index (χ1) is 9.62. The molecule has 2 heterocycles. The summed E-state index contributed by atoms with van der Waals surface area (Å²) in [4.78, 5) is 4.30. The fraction of sp³-hybridized carbons (Fsp3) is 1.00. The molecule has 8 heteroatoms. The van der Waals surface area contributed by atoms with Crippen LogP contribution in [-0.2, 0) is 10.0 Å². The van der Waals surface area contributed by atoms with Gasteiger partial charge in [0, 0.05) is 65.4 Å². The molecule has 0 saturated carbocycles. The number of nitrogens with one attached hydrogen (secondary N) is 1. The normalized spacial score (nSPS) is 24.1. The Hall–Kier alpha value is -0.250. The van der Waals surface area contributed by atoms with Gasteiger partial charge >= 0.3 is 0 Å². The zero-order valence-electron chi connectivity index (χ0n) is 12.0. The van der Waals surface area contributed by atoms with Gasteiger partial charge in [-0.1, -0.05) is 0 Å². The van der Waals surface area contributed by atoms with Crippen molar-refractivity contribution in [2.24, 2.45) is 0 Å². The lowest BCUT2D eigenvalue weighted by Crippen LogP contribution is -2.51. The van der Waals surface area contributed by atoms with Gasteiger partial charge in [0.1, 0.15) is 0 Å². The summed E-state index contributed by atoms with van der Waals surface area (Å²) in [6, 6.07) is 0. The van der Waals surface area contributed by atoms with Crippen molar-refractivity contribution >= 4 is 10.0 Å². The van der Waals surface area contributed by atoms with Crippen LogP contribution in [0.1, 0.15) is 0 Å². The molecule has 0 aromatic heterocycles. The first kappa shape index (κ1) is 16.1. The van der Waals surface area contributed by atoms with Gasteiger partial charge in [-0.05, 0) is 0 Å². The van der Waals surface area contributed by atoms with E-state index in [4.69, 9.17) is 5.11 Å². The van der Waals surface area contributed by atoms with Crippen molar-refractivity contribution in [3.8, 4) is 0 Å². The van der Waals surface area contributed by atoms with Gasteiger partial charge in [0.25, 0.3) is 0 Å². The summed E-state index contributed by atoms with van der Waals surface area (Å²) >= 11 is 0. The third-order valence-corrected chi connectivity index (χ3v) is 5.87. The summed E-state index contributed by atoms with van der Waals surface area (Å²) in [6.45, 7) is 7.67. The molecule has 2 aliphatic heterocycles. The first-order valence-corrected chi connectivity index (χ1v) is 8.97. The number of aliphatic hydroxyl groups is 1. The molecule has 2 fully saturated rings. The lowest BCUT2D eigenvalue weighted by Gasteiger charge is -2.34. The van der Waals surface area contributed by atoms with E-state index in [9.17, 15) is 8.42 Å². The maximum atomic E-state index is 12.3. The number of nitrogens with zero attached hydrogens (tertiary/aromatic N) is 3. The molecule has 2 N–H and O–H groups in total. The molecule has 0 aliphatic carbocycles. The van der Waals surface area contributed by atoms with Crippen LogP contribution in [0.4, 0.5) is 0 Å². The van der Waals surface area contributed by atoms with Gasteiger partial charge in [0.05, 0.1) is 12.4 Å². The Morgan fingerprint density at radius 2 is 1.50 bits per heavy atom. The number of aliphatic hydroxyl groups excluding tert-OH is 1. The standard InChI is InChI=1S/C12H26N4O3S/c17-11-9-15-5-7-16(8-6-15)20(18,19)12-10-14-3-1-13-2-4-14/h13,17H,1-12H2. The minimum absolute atomic E-state index is 0.135. The number of hydrogen-bond acceptors (Lipinski definition) is 6. The highest BCUT2D eigenvalue weighted by molar-refractivity contribution is 7.89. The molecule has 20 heavy (non-hydrogen) atoms. The summed E-state index contributed by atoms with van der Waals surface area (Å²) in [6.07, 6.45) is 0. The van der Waals surface area contributed by atoms with Crippen molar-refractivity contribution in [3.63, 3.8) is 0 Å². The van der Waals surface area contributed by atoms with Crippen LogP contribution < -0.4 is 5.32 Å². The maximum absolute atomic E-state index is 12.3. The van der Waals surface area contributed by atoms with E-state index >= 15 is 0 Å². The van der Waals surface area contributed by atoms with Gasteiger partial charge in [0.2, 0.25) is 10.0 Å². The van der Waals surface area contributed by atoms with Crippen molar-refractivity contribution in [1.82, 2.24) is 19.4 Å². The lowest BCUT2D eigenvalue weighted by atomic mass is 10.4. The van der Waals surface area contributed by atoms with E-state index in [1.54, 1.807) is 4.31 Å². The Balaban J connectivity index is 1.75. The minimum atomic E-state index is -3.14. The summed E-state index contributed by atoms with van der Waals surface area (Å²) in [5.41, 5.74) is 0. The molecule has 0 radical (unpaired) electrons. The topological polar surface area (TPSA) is 76.1 Å². The van der Waals surface area contributed by atoms with Crippen LogP contribution in [0.25, 0.3) is 0 Å². The fourth-order valence-electron chi connectivity index (χ4n) is 2.68. The van der Waals surface area contributed by atoms with Gasteiger partial charge in [-0.15, -0.1) is 0 Å². The van der Waals surface area contributed by atoms with Crippen LogP contribution >= 0.6 is 0 Å². The van der Waals surface area contributed by atoms with Crippen LogP contribution in [0.15, 0.2) is 0 Å². The highest BCUT2D eigenvalue weighted by Crippen LogP contribution is 2.08. The van der Waals surface area contributed by atoms with Crippen molar-refractivity contribution in [1.29, 1.82) is 0 Å². The number of sulfonamides is 1. The molecule has 0 bridgehead atoms. The Labute approximate surface area is 121 Å². The summed E-state index contributed by atoms with van der Waals surface area (Å²) in [7, 11) is -3.14. The fourth-order valence-corrected chi connectivity index (χ4v) is 4.15. The van der Waals surface area contributed by atoms with E-state index in [1.165, 1.54) is 0 Å². The molecule has 0 spiro atoms. The smallest absolute Gasteiger partial charge is 0.215 e. The summed E-state index contributed by atoms with van der Waals surface area (Å²) in [5.74, 6) is 0.215. The zero-order chi connectivity index (χ0) is 14.4. The largest absolute Gasteiger partial charge is 0.395 e. The quantitative estimate of drug-likeness (QED) is 0.582. The van der Waals surface area contributed by atoms with E-state index in [0.717, 1.165) is 26.2 Å². The van der Waals surface area contributed by atoms with Crippen LogP contribution in [0.5, 0.6) is 0 Å². The Kier molecular flexibility index (Phi) is 6.19. The van der Waals surface area contributed by atoms with Crippen LogP contribution in [-0.4, -0.2) is 105 Å². The maximum Gasteiger partial charge on any atom is 0.215 e. The number of piperazine rings is 2. The number of β-amino-alcohol motifs (C(OH)–C–C–N with tert-alkyl or cyclic N) is 1. The van der Waals surface area contributed by atoms with E-state index in [2.05, 4.69) is 15.1 Å². The third-order valence-electron chi connectivity index (χ3n) is 4.02. The molecule has 118 valence electrons. The molecule has 0 aromatic rings. The second-order valence-electron chi connectivity index (χ2n) is 5.37. The van der Waals surface area contributed by atoms with Gasteiger partial charge in [0.15, 0.2) is 0 Å². The molecule has 0 atom stereocenters. The molecule has 7 nitrogen and oxygen atoms in total. The molecule has 2 rings (SSSR count). The number of hydrogen-bond donors (Lipinski definition) is 2. The highest BCUT2D eigenvalue weighted by Gasteiger charge is 2.27. The molecule has 2 saturated heterocycles. The van der Waals surface area contributed by atoms with Gasteiger partial charge in [-0.2, -0.15) is 4.31 Å². The molecule has 2 aliphatic rings. The Morgan fingerprint density at radius 1 is 0.900 bits per heavy atom. The van der Waals surface area contributed by atoms with E-state index < -0.39 is 10.0 Å². The average molecular weight is 306 g/mol. The third kappa shape index (κ3) is 4.64. The van der Waals surface area contributed by atoms with E-state index in [1.807, 2.05) is 0 Å². The monoisotopic (exact) mass is 306 g/mol. The van der Waals surface area contributed by atoms with E-state index in [-0.39, 0.29) is 12.4 Å². The number of rotatable bonds is 6. The highest BCUT2D eigenvalue weighted by atomic mass is 32.2. The van der Waals surface area contributed by atoms with Crippen LogP contribution in [0, 0.1) is 0 Å². The Morgan fingerprint density at radius 3 is 2.10 bits per heavy atom. The van der Waals surface area contributed by atoms with Crippen LogP contribution in [0.2, 0.25) is 0 Å². The summed E-state index contributed by atoms with van der Waals surface area (Å²) < 4.78 is 26.2. The van der Waals surface area contributed by atoms with Crippen LogP contribution in [0.3, 0.4) is 0 Å². The predicted octanol–water partition coefficient (Wildman–Crippen LogP) is -2.17. The van der Waals surface area contributed by atoms with Crippen molar-refractivity contribution < 1.29 is 13.5 Å². The lowest BCUT2D eigenvalue weighted by molar-refractivity contribution is 0.151.